The Hall–Kier alpha value is -1.07. The van der Waals surface area contributed by atoms with Crippen molar-refractivity contribution in [2.24, 2.45) is 30.7 Å². The van der Waals surface area contributed by atoms with E-state index in [4.69, 9.17) is 0 Å². The maximum atomic E-state index is 13.4. The lowest BCUT2D eigenvalue weighted by atomic mass is 9.83. The lowest BCUT2D eigenvalue weighted by Crippen LogP contribution is -2.42. The Kier molecular flexibility index (Phi) is 5.52. The van der Waals surface area contributed by atoms with Crippen LogP contribution in [-0.2, 0) is 11.8 Å². The molecule has 1 aromatic heterocycles. The van der Waals surface area contributed by atoms with Crippen LogP contribution >= 0.6 is 12.4 Å². The Balaban J connectivity index is 0.00000180. The summed E-state index contributed by atoms with van der Waals surface area (Å²) in [5.41, 5.74) is 1.21. The van der Waals surface area contributed by atoms with Gasteiger partial charge in [-0.2, -0.15) is 5.10 Å². The Labute approximate surface area is 168 Å². The molecule has 1 aromatic rings. The quantitative estimate of drug-likeness (QED) is 0.856. The molecule has 6 atom stereocenters. The van der Waals surface area contributed by atoms with Crippen molar-refractivity contribution in [1.29, 1.82) is 0 Å². The first kappa shape index (κ1) is 19.3. The van der Waals surface area contributed by atoms with E-state index in [1.165, 1.54) is 50.5 Å². The van der Waals surface area contributed by atoms with E-state index >= 15 is 0 Å². The molecule has 5 rings (SSSR count). The van der Waals surface area contributed by atoms with Crippen LogP contribution in [0.4, 0.5) is 0 Å². The first-order valence-electron chi connectivity index (χ1n) is 10.7. The molecule has 150 valence electrons. The van der Waals surface area contributed by atoms with Crippen LogP contribution in [-0.4, -0.2) is 46.3 Å². The number of nitrogens with zero attached hydrogens (tertiary/aromatic N) is 3. The minimum absolute atomic E-state index is 0. The highest BCUT2D eigenvalue weighted by atomic mass is 35.5. The summed E-state index contributed by atoms with van der Waals surface area (Å²) in [6.07, 6.45) is 13.5. The van der Waals surface area contributed by atoms with E-state index in [0.29, 0.717) is 11.9 Å². The third kappa shape index (κ3) is 3.53. The molecular weight excluding hydrogens is 360 g/mol. The first-order chi connectivity index (χ1) is 12.7. The van der Waals surface area contributed by atoms with Crippen molar-refractivity contribution in [2.45, 2.75) is 56.9 Å². The summed E-state index contributed by atoms with van der Waals surface area (Å²) in [5.74, 6) is 3.62. The van der Waals surface area contributed by atoms with Crippen molar-refractivity contribution in [2.75, 3.05) is 19.6 Å². The molecule has 3 heterocycles. The molecule has 4 unspecified atom stereocenters. The van der Waals surface area contributed by atoms with E-state index in [-0.39, 0.29) is 24.2 Å². The monoisotopic (exact) mass is 392 g/mol. The van der Waals surface area contributed by atoms with Crippen LogP contribution in [0.1, 0.15) is 56.4 Å². The van der Waals surface area contributed by atoms with Gasteiger partial charge in [-0.05, 0) is 61.8 Å². The third-order valence-corrected chi connectivity index (χ3v) is 7.80. The van der Waals surface area contributed by atoms with Gasteiger partial charge in [0.05, 0.1) is 12.1 Å². The van der Waals surface area contributed by atoms with Gasteiger partial charge < -0.3 is 10.2 Å². The first-order valence-corrected chi connectivity index (χ1v) is 10.7. The number of amides is 1. The second-order valence-corrected chi connectivity index (χ2v) is 9.32. The number of nitrogens with one attached hydrogen (secondary N) is 1. The fourth-order valence-electron chi connectivity index (χ4n) is 6.52. The summed E-state index contributed by atoms with van der Waals surface area (Å²) in [4.78, 5) is 15.7. The standard InChI is InChI=1S/C21H32N4O.ClH/c1-24-13-17(10-23-24)19-11-22-12-20(19)21(26)25-6-2-3-18(25)9-16-8-14-4-5-15(16)7-14;/h10,13-16,18-20,22H,2-9,11-12H2,1H3;1H/t14?,15?,16?,18?,19-,20+;/m1./s1. The Morgan fingerprint density at radius 1 is 1.26 bits per heavy atom. The molecule has 2 aliphatic heterocycles. The molecule has 4 fully saturated rings. The smallest absolute Gasteiger partial charge is 0.227 e. The zero-order valence-corrected chi connectivity index (χ0v) is 17.2. The second kappa shape index (κ2) is 7.75. The Bertz CT molecular complexity index is 677. The highest BCUT2D eigenvalue weighted by molar-refractivity contribution is 5.85. The minimum Gasteiger partial charge on any atom is -0.339 e. The van der Waals surface area contributed by atoms with Crippen molar-refractivity contribution < 1.29 is 4.79 Å². The Morgan fingerprint density at radius 2 is 2.15 bits per heavy atom. The topological polar surface area (TPSA) is 50.2 Å². The predicted molar refractivity (Wildman–Crippen MR) is 108 cm³/mol. The molecule has 27 heavy (non-hydrogen) atoms. The molecule has 0 spiro atoms. The maximum Gasteiger partial charge on any atom is 0.227 e. The molecule has 2 aliphatic carbocycles. The normalized spacial score (nSPS) is 37.7. The average molecular weight is 393 g/mol. The van der Waals surface area contributed by atoms with Crippen LogP contribution < -0.4 is 5.32 Å². The van der Waals surface area contributed by atoms with Crippen molar-refractivity contribution in [3.63, 3.8) is 0 Å². The van der Waals surface area contributed by atoms with E-state index in [1.807, 2.05) is 17.9 Å². The molecule has 0 radical (unpaired) electrons. The summed E-state index contributed by atoms with van der Waals surface area (Å²) in [6, 6.07) is 0.502. The van der Waals surface area contributed by atoms with Crippen molar-refractivity contribution in [3.05, 3.63) is 18.0 Å². The van der Waals surface area contributed by atoms with E-state index in [9.17, 15) is 4.79 Å². The van der Waals surface area contributed by atoms with Gasteiger partial charge in [-0.15, -0.1) is 12.4 Å². The van der Waals surface area contributed by atoms with Gasteiger partial charge in [0.25, 0.3) is 0 Å². The van der Waals surface area contributed by atoms with Crippen LogP contribution in [0, 0.1) is 23.7 Å². The highest BCUT2D eigenvalue weighted by Crippen LogP contribution is 2.50. The highest BCUT2D eigenvalue weighted by Gasteiger charge is 2.44. The molecule has 1 amide bonds. The van der Waals surface area contributed by atoms with Gasteiger partial charge in [0.2, 0.25) is 5.91 Å². The van der Waals surface area contributed by atoms with Gasteiger partial charge in [0.15, 0.2) is 0 Å². The number of hydrogen-bond acceptors (Lipinski definition) is 3. The molecule has 2 saturated heterocycles. The number of carbonyl (C=O) groups is 1. The van der Waals surface area contributed by atoms with Gasteiger partial charge in [-0.3, -0.25) is 9.48 Å². The van der Waals surface area contributed by atoms with Crippen LogP contribution in [0.5, 0.6) is 0 Å². The Morgan fingerprint density at radius 3 is 2.85 bits per heavy atom. The fraction of sp³-hybridized carbons (Fsp3) is 0.810. The zero-order valence-electron chi connectivity index (χ0n) is 16.3. The zero-order chi connectivity index (χ0) is 17.7. The van der Waals surface area contributed by atoms with E-state index in [1.54, 1.807) is 0 Å². The van der Waals surface area contributed by atoms with Crippen LogP contribution in [0.15, 0.2) is 12.4 Å². The van der Waals surface area contributed by atoms with E-state index in [2.05, 4.69) is 21.5 Å². The molecule has 4 aliphatic rings. The molecule has 0 aromatic carbocycles. The summed E-state index contributed by atoms with van der Waals surface area (Å²) >= 11 is 0. The predicted octanol–water partition coefficient (Wildman–Crippen LogP) is 2.96. The minimum atomic E-state index is 0. The number of fused-ring (bicyclic) bond motifs is 2. The average Bonchev–Trinajstić information content (AvgIpc) is 3.43. The number of halogens is 1. The largest absolute Gasteiger partial charge is 0.339 e. The van der Waals surface area contributed by atoms with Crippen LogP contribution in [0.2, 0.25) is 0 Å². The lowest BCUT2D eigenvalue weighted by Gasteiger charge is -2.32. The number of hydrogen-bond donors (Lipinski definition) is 1. The number of aryl methyl sites for hydroxylation is 1. The van der Waals surface area contributed by atoms with E-state index in [0.717, 1.165) is 37.4 Å². The summed E-state index contributed by atoms with van der Waals surface area (Å²) in [7, 11) is 1.95. The SMILES string of the molecule is Cl.Cn1cc([C@H]2CNC[C@@H]2C(=O)N2CCCC2CC2CC3CCC2C3)cn1. The fourth-order valence-corrected chi connectivity index (χ4v) is 6.52. The van der Waals surface area contributed by atoms with Gasteiger partial charge >= 0.3 is 0 Å². The maximum absolute atomic E-state index is 13.4. The number of carbonyl (C=O) groups excluding carboxylic acids is 1. The molecule has 2 bridgehead atoms. The van der Waals surface area contributed by atoms with Gasteiger partial charge in [0.1, 0.15) is 0 Å². The molecule has 1 N–H and O–H groups in total. The van der Waals surface area contributed by atoms with Crippen molar-refractivity contribution >= 4 is 18.3 Å². The third-order valence-electron chi connectivity index (χ3n) is 7.80. The number of likely N-dealkylation sites (tertiary alicyclic amines) is 1. The summed E-state index contributed by atoms with van der Waals surface area (Å²) < 4.78 is 1.85. The summed E-state index contributed by atoms with van der Waals surface area (Å²) in [6.45, 7) is 2.68. The van der Waals surface area contributed by atoms with Gasteiger partial charge in [-0.1, -0.05) is 6.42 Å². The van der Waals surface area contributed by atoms with Gasteiger partial charge in [0, 0.05) is 44.8 Å². The second-order valence-electron chi connectivity index (χ2n) is 9.32. The van der Waals surface area contributed by atoms with Crippen LogP contribution in [0.25, 0.3) is 0 Å². The number of aromatic nitrogens is 2. The van der Waals surface area contributed by atoms with Gasteiger partial charge in [-0.25, -0.2) is 0 Å². The molecular formula is C21H33ClN4O. The lowest BCUT2D eigenvalue weighted by molar-refractivity contribution is -0.136. The van der Waals surface area contributed by atoms with Crippen LogP contribution in [0.3, 0.4) is 0 Å². The number of rotatable bonds is 4. The molecule has 6 heteroatoms. The molecule has 5 nitrogen and oxygen atoms in total. The molecule has 2 saturated carbocycles. The van der Waals surface area contributed by atoms with Crippen molar-refractivity contribution in [3.8, 4) is 0 Å². The van der Waals surface area contributed by atoms with Crippen molar-refractivity contribution in [1.82, 2.24) is 20.0 Å². The summed E-state index contributed by atoms with van der Waals surface area (Å²) in [5, 5.41) is 7.78. The van der Waals surface area contributed by atoms with E-state index < -0.39 is 0 Å².